The van der Waals surface area contributed by atoms with E-state index in [1.165, 1.54) is 54.6 Å². The third-order valence-electron chi connectivity index (χ3n) is 5.04. The zero-order valence-electron chi connectivity index (χ0n) is 18.5. The van der Waals surface area contributed by atoms with Crippen LogP contribution in [0.15, 0.2) is 83.8 Å². The molecule has 12 heteroatoms. The van der Waals surface area contributed by atoms with E-state index in [9.17, 15) is 26.4 Å². The SMILES string of the molecule is NS(=O)(=O)c1cccc(NC(=O)C2(Oc3ccc(OCC(F)(F)F)cc3)C=Cc3ccccc3N2)c1. The first-order chi connectivity index (χ1) is 16.9. The van der Waals surface area contributed by atoms with Crippen LogP contribution in [0.5, 0.6) is 11.5 Å². The van der Waals surface area contributed by atoms with Crippen molar-refractivity contribution in [2.45, 2.75) is 16.8 Å². The van der Waals surface area contributed by atoms with E-state index in [1.807, 2.05) is 12.1 Å². The number of primary sulfonamides is 1. The van der Waals surface area contributed by atoms with Crippen molar-refractivity contribution in [1.29, 1.82) is 0 Å². The summed E-state index contributed by atoms with van der Waals surface area (Å²) >= 11 is 0. The molecule has 8 nitrogen and oxygen atoms in total. The zero-order chi connectivity index (χ0) is 26.0. The second kappa shape index (κ2) is 9.55. The van der Waals surface area contributed by atoms with E-state index in [1.54, 1.807) is 18.2 Å². The lowest BCUT2D eigenvalue weighted by molar-refractivity contribution is -0.153. The lowest BCUT2D eigenvalue weighted by Crippen LogP contribution is -2.54. The van der Waals surface area contributed by atoms with Crippen LogP contribution in [0.2, 0.25) is 0 Å². The van der Waals surface area contributed by atoms with E-state index in [0.717, 1.165) is 5.56 Å². The topological polar surface area (TPSA) is 120 Å². The molecule has 0 fully saturated rings. The number of para-hydroxylation sites is 1. The summed E-state index contributed by atoms with van der Waals surface area (Å²) in [6, 6.07) is 17.8. The molecule has 0 aromatic heterocycles. The number of carbonyl (C=O) groups is 1. The molecule has 36 heavy (non-hydrogen) atoms. The summed E-state index contributed by atoms with van der Waals surface area (Å²) < 4.78 is 71.3. The average Bonchev–Trinajstić information content (AvgIpc) is 2.82. The molecule has 4 N–H and O–H groups in total. The number of fused-ring (bicyclic) bond motifs is 1. The summed E-state index contributed by atoms with van der Waals surface area (Å²) in [5.74, 6) is -0.577. The van der Waals surface area contributed by atoms with Gasteiger partial charge in [-0.05, 0) is 60.2 Å². The number of amides is 1. The molecule has 0 spiro atoms. The van der Waals surface area contributed by atoms with Gasteiger partial charge in [0.1, 0.15) is 11.5 Å². The standard InChI is InChI=1S/C24H20F3N3O5S/c25-24(26,27)15-34-18-8-10-19(11-9-18)35-23(13-12-16-4-1-2-7-21(16)30-23)22(31)29-17-5-3-6-20(14-17)36(28,32)33/h1-14,30H,15H2,(H,29,31)(H2,28,32,33). The third kappa shape index (κ3) is 5.96. The Labute approximate surface area is 204 Å². The van der Waals surface area contributed by atoms with Gasteiger partial charge in [0, 0.05) is 11.4 Å². The van der Waals surface area contributed by atoms with Gasteiger partial charge in [-0.3, -0.25) is 4.79 Å². The van der Waals surface area contributed by atoms with Gasteiger partial charge in [-0.25, -0.2) is 13.6 Å². The molecule has 1 amide bonds. The molecule has 0 aliphatic carbocycles. The maximum Gasteiger partial charge on any atom is 0.422 e. The Kier molecular flexibility index (Phi) is 6.65. The van der Waals surface area contributed by atoms with Crippen molar-refractivity contribution in [3.8, 4) is 11.5 Å². The highest BCUT2D eigenvalue weighted by atomic mass is 32.2. The summed E-state index contributed by atoms with van der Waals surface area (Å²) in [5.41, 5.74) is -0.269. The van der Waals surface area contributed by atoms with Gasteiger partial charge in [-0.15, -0.1) is 0 Å². The van der Waals surface area contributed by atoms with Crippen molar-refractivity contribution in [3.63, 3.8) is 0 Å². The summed E-state index contributed by atoms with van der Waals surface area (Å²) in [4.78, 5) is 13.3. The molecule has 0 saturated heterocycles. The minimum atomic E-state index is -4.48. The van der Waals surface area contributed by atoms with Crippen molar-refractivity contribution in [2.75, 3.05) is 17.2 Å². The molecule has 1 aliphatic rings. The molecule has 1 unspecified atom stereocenters. The normalized spacial score (nSPS) is 17.0. The highest BCUT2D eigenvalue weighted by Gasteiger charge is 2.41. The van der Waals surface area contributed by atoms with Crippen molar-refractivity contribution < 1.29 is 35.9 Å². The van der Waals surface area contributed by atoms with E-state index in [4.69, 9.17) is 14.6 Å². The highest BCUT2D eigenvalue weighted by molar-refractivity contribution is 7.89. The van der Waals surface area contributed by atoms with Crippen LogP contribution < -0.4 is 25.2 Å². The van der Waals surface area contributed by atoms with E-state index < -0.39 is 34.4 Å². The minimum Gasteiger partial charge on any atom is -0.484 e. The van der Waals surface area contributed by atoms with Crippen LogP contribution in [0.3, 0.4) is 0 Å². The monoisotopic (exact) mass is 519 g/mol. The van der Waals surface area contributed by atoms with Crippen LogP contribution in [-0.4, -0.2) is 32.8 Å². The van der Waals surface area contributed by atoms with Gasteiger partial charge < -0.3 is 20.1 Å². The largest absolute Gasteiger partial charge is 0.484 e. The van der Waals surface area contributed by atoms with Crippen LogP contribution >= 0.6 is 0 Å². The summed E-state index contributed by atoms with van der Waals surface area (Å²) in [5, 5.41) is 10.8. The van der Waals surface area contributed by atoms with Crippen LogP contribution in [0.1, 0.15) is 5.56 Å². The fourth-order valence-corrected chi connectivity index (χ4v) is 3.93. The summed E-state index contributed by atoms with van der Waals surface area (Å²) in [6.45, 7) is -1.45. The van der Waals surface area contributed by atoms with Crippen molar-refractivity contribution in [2.24, 2.45) is 5.14 Å². The van der Waals surface area contributed by atoms with Gasteiger partial charge in [-0.2, -0.15) is 13.2 Å². The highest BCUT2D eigenvalue weighted by Crippen LogP contribution is 2.32. The van der Waals surface area contributed by atoms with Crippen molar-refractivity contribution in [3.05, 3.63) is 84.4 Å². The van der Waals surface area contributed by atoms with E-state index in [-0.39, 0.29) is 22.1 Å². The molecule has 0 bridgehead atoms. The number of sulfonamides is 1. The molecular weight excluding hydrogens is 499 g/mol. The Morgan fingerprint density at radius 2 is 1.69 bits per heavy atom. The molecule has 1 aliphatic heterocycles. The minimum absolute atomic E-state index is 0.0320. The van der Waals surface area contributed by atoms with Crippen LogP contribution in [0.25, 0.3) is 6.08 Å². The molecule has 0 radical (unpaired) electrons. The number of benzene rings is 3. The number of rotatable bonds is 7. The average molecular weight is 520 g/mol. The molecular formula is C24H20F3N3O5S. The predicted octanol–water partition coefficient (Wildman–Crippen LogP) is 4.13. The number of ether oxygens (including phenoxy) is 2. The molecule has 188 valence electrons. The van der Waals surface area contributed by atoms with Crippen LogP contribution in [0.4, 0.5) is 24.5 Å². The van der Waals surface area contributed by atoms with E-state index in [2.05, 4.69) is 10.6 Å². The number of carbonyl (C=O) groups excluding carboxylic acids is 1. The number of nitrogens with two attached hydrogens (primary N) is 1. The first-order valence-electron chi connectivity index (χ1n) is 10.4. The van der Waals surface area contributed by atoms with Gasteiger partial charge in [-0.1, -0.05) is 30.3 Å². The quantitative estimate of drug-likeness (QED) is 0.432. The third-order valence-corrected chi connectivity index (χ3v) is 5.95. The van der Waals surface area contributed by atoms with Crippen molar-refractivity contribution in [1.82, 2.24) is 0 Å². The van der Waals surface area contributed by atoms with E-state index in [0.29, 0.717) is 5.69 Å². The number of anilines is 2. The Morgan fingerprint density at radius 1 is 1.00 bits per heavy atom. The number of hydrogen-bond donors (Lipinski definition) is 3. The Morgan fingerprint density at radius 3 is 2.39 bits per heavy atom. The van der Waals surface area contributed by atoms with Crippen LogP contribution in [-0.2, 0) is 14.8 Å². The molecule has 3 aromatic rings. The van der Waals surface area contributed by atoms with Gasteiger partial charge in [0.15, 0.2) is 6.61 Å². The van der Waals surface area contributed by atoms with Gasteiger partial charge in [0.2, 0.25) is 10.0 Å². The fraction of sp³-hybridized carbons (Fsp3) is 0.125. The first kappa shape index (κ1) is 25.1. The number of alkyl halides is 3. The fourth-order valence-electron chi connectivity index (χ4n) is 3.37. The Hall–Kier alpha value is -4.03. The first-order valence-corrected chi connectivity index (χ1v) is 12.0. The maximum absolute atomic E-state index is 13.5. The molecule has 4 rings (SSSR count). The maximum atomic E-state index is 13.5. The molecule has 1 atom stereocenters. The number of halogens is 3. The van der Waals surface area contributed by atoms with Gasteiger partial charge in [0.05, 0.1) is 4.90 Å². The molecule has 3 aromatic carbocycles. The zero-order valence-corrected chi connectivity index (χ0v) is 19.3. The molecule has 1 heterocycles. The Bertz CT molecular complexity index is 1410. The van der Waals surface area contributed by atoms with Gasteiger partial charge in [0.25, 0.3) is 11.6 Å². The number of nitrogens with one attached hydrogen (secondary N) is 2. The summed E-state index contributed by atoms with van der Waals surface area (Å²) in [7, 11) is -4.00. The summed E-state index contributed by atoms with van der Waals surface area (Å²) in [6.07, 6.45) is -1.34. The lowest BCUT2D eigenvalue weighted by atomic mass is 10.0. The second-order valence-electron chi connectivity index (χ2n) is 7.79. The van der Waals surface area contributed by atoms with Gasteiger partial charge >= 0.3 is 6.18 Å². The smallest absolute Gasteiger partial charge is 0.422 e. The van der Waals surface area contributed by atoms with E-state index >= 15 is 0 Å². The Balaban J connectivity index is 1.62. The number of hydrogen-bond acceptors (Lipinski definition) is 6. The second-order valence-corrected chi connectivity index (χ2v) is 9.35. The van der Waals surface area contributed by atoms with Crippen molar-refractivity contribution >= 4 is 33.4 Å². The predicted molar refractivity (Wildman–Crippen MR) is 127 cm³/mol. The lowest BCUT2D eigenvalue weighted by Gasteiger charge is -2.35. The molecule has 0 saturated carbocycles. The van der Waals surface area contributed by atoms with Crippen LogP contribution in [0, 0.1) is 0 Å².